The maximum absolute atomic E-state index is 12.5. The fourth-order valence-electron chi connectivity index (χ4n) is 3.40. The van der Waals surface area contributed by atoms with Crippen molar-refractivity contribution in [2.45, 2.75) is 17.2 Å². The van der Waals surface area contributed by atoms with E-state index in [1.54, 1.807) is 18.9 Å². The van der Waals surface area contributed by atoms with Crippen LogP contribution in [0.3, 0.4) is 0 Å². The highest BCUT2D eigenvalue weighted by atomic mass is 32.2. The SMILES string of the molecule is COc1ccc(-c2ccc(NCc3oc(CSc4ccccc4)cc(=O)c3OC)cc2)cc1. The number of thioether (sulfide) groups is 1. The summed E-state index contributed by atoms with van der Waals surface area (Å²) in [4.78, 5) is 13.6. The van der Waals surface area contributed by atoms with E-state index in [2.05, 4.69) is 5.32 Å². The molecule has 0 radical (unpaired) electrons. The third-order valence-corrected chi connectivity index (χ3v) is 6.15. The number of nitrogens with one attached hydrogen (secondary N) is 1. The van der Waals surface area contributed by atoms with Crippen LogP contribution in [0.5, 0.6) is 11.5 Å². The van der Waals surface area contributed by atoms with Gasteiger partial charge in [-0.25, -0.2) is 0 Å². The number of benzene rings is 3. The molecule has 0 saturated heterocycles. The van der Waals surface area contributed by atoms with Crippen molar-refractivity contribution >= 4 is 17.4 Å². The Morgan fingerprint density at radius 2 is 1.52 bits per heavy atom. The summed E-state index contributed by atoms with van der Waals surface area (Å²) in [5, 5.41) is 3.32. The Morgan fingerprint density at radius 1 is 0.848 bits per heavy atom. The van der Waals surface area contributed by atoms with Gasteiger partial charge in [-0.15, -0.1) is 11.8 Å². The summed E-state index contributed by atoms with van der Waals surface area (Å²) in [5.74, 6) is 2.71. The van der Waals surface area contributed by atoms with Crippen LogP contribution in [-0.2, 0) is 12.3 Å². The first-order chi connectivity index (χ1) is 16.2. The summed E-state index contributed by atoms with van der Waals surface area (Å²) in [5.41, 5.74) is 2.95. The van der Waals surface area contributed by atoms with Gasteiger partial charge in [-0.1, -0.05) is 42.5 Å². The molecule has 0 aliphatic heterocycles. The molecule has 1 heterocycles. The third kappa shape index (κ3) is 5.79. The lowest BCUT2D eigenvalue weighted by Gasteiger charge is -2.12. The summed E-state index contributed by atoms with van der Waals surface area (Å²) in [6.07, 6.45) is 0. The molecule has 168 valence electrons. The van der Waals surface area contributed by atoms with E-state index in [1.165, 1.54) is 13.2 Å². The fourth-order valence-corrected chi connectivity index (χ4v) is 4.20. The highest BCUT2D eigenvalue weighted by molar-refractivity contribution is 7.98. The first-order valence-corrected chi connectivity index (χ1v) is 11.5. The third-order valence-electron chi connectivity index (χ3n) is 5.11. The van der Waals surface area contributed by atoms with Crippen molar-refractivity contribution in [1.29, 1.82) is 0 Å². The molecule has 0 unspecified atom stereocenters. The van der Waals surface area contributed by atoms with Gasteiger partial charge in [0, 0.05) is 16.6 Å². The zero-order chi connectivity index (χ0) is 23.0. The van der Waals surface area contributed by atoms with Gasteiger partial charge in [0.15, 0.2) is 5.76 Å². The molecule has 5 nitrogen and oxygen atoms in total. The summed E-state index contributed by atoms with van der Waals surface area (Å²) < 4.78 is 16.6. The number of methoxy groups -OCH3 is 2. The molecule has 0 aliphatic carbocycles. The van der Waals surface area contributed by atoms with Crippen LogP contribution in [0.15, 0.2) is 99.0 Å². The van der Waals surface area contributed by atoms with Crippen LogP contribution in [0.2, 0.25) is 0 Å². The molecule has 0 atom stereocenters. The van der Waals surface area contributed by atoms with E-state index >= 15 is 0 Å². The van der Waals surface area contributed by atoms with E-state index in [1.807, 2.05) is 78.9 Å². The Balaban J connectivity index is 1.45. The minimum atomic E-state index is -0.181. The summed E-state index contributed by atoms with van der Waals surface area (Å²) >= 11 is 1.62. The van der Waals surface area contributed by atoms with Crippen LogP contribution >= 0.6 is 11.8 Å². The molecule has 0 bridgehead atoms. The Kier molecular flexibility index (Phi) is 7.37. The molecular weight excluding hydrogens is 434 g/mol. The summed E-state index contributed by atoms with van der Waals surface area (Å²) in [6.45, 7) is 0.337. The Morgan fingerprint density at radius 3 is 2.15 bits per heavy atom. The Hall–Kier alpha value is -3.64. The molecule has 6 heteroatoms. The average molecular weight is 460 g/mol. The molecule has 4 rings (SSSR count). The molecular formula is C27H25NO4S. The molecule has 1 N–H and O–H groups in total. The molecule has 33 heavy (non-hydrogen) atoms. The van der Waals surface area contributed by atoms with Gasteiger partial charge < -0.3 is 19.2 Å². The lowest BCUT2D eigenvalue weighted by molar-refractivity contribution is 0.362. The lowest BCUT2D eigenvalue weighted by Crippen LogP contribution is -2.11. The predicted octanol–water partition coefficient (Wildman–Crippen LogP) is 6.23. The quantitative estimate of drug-likeness (QED) is 0.300. The van der Waals surface area contributed by atoms with E-state index in [0.717, 1.165) is 27.5 Å². The van der Waals surface area contributed by atoms with Gasteiger partial charge in [0.1, 0.15) is 11.5 Å². The molecule has 0 saturated carbocycles. The van der Waals surface area contributed by atoms with Crippen LogP contribution in [0.4, 0.5) is 5.69 Å². The molecule has 1 aromatic heterocycles. The van der Waals surface area contributed by atoms with Gasteiger partial charge >= 0.3 is 0 Å². The smallest absolute Gasteiger partial charge is 0.227 e. The maximum Gasteiger partial charge on any atom is 0.227 e. The molecule has 0 fully saturated rings. The largest absolute Gasteiger partial charge is 0.497 e. The fraction of sp³-hybridized carbons (Fsp3) is 0.148. The van der Waals surface area contributed by atoms with Crippen molar-refractivity contribution in [1.82, 2.24) is 0 Å². The second-order valence-electron chi connectivity index (χ2n) is 7.29. The van der Waals surface area contributed by atoms with Crippen molar-refractivity contribution in [2.24, 2.45) is 0 Å². The van der Waals surface area contributed by atoms with Crippen LogP contribution in [0, 0.1) is 0 Å². The zero-order valence-electron chi connectivity index (χ0n) is 18.5. The van der Waals surface area contributed by atoms with Crippen LogP contribution in [0.1, 0.15) is 11.5 Å². The van der Waals surface area contributed by atoms with Gasteiger partial charge in [-0.3, -0.25) is 4.79 Å². The number of hydrogen-bond acceptors (Lipinski definition) is 6. The van der Waals surface area contributed by atoms with Crippen molar-refractivity contribution in [2.75, 3.05) is 19.5 Å². The molecule has 4 aromatic rings. The van der Waals surface area contributed by atoms with E-state index in [9.17, 15) is 4.79 Å². The highest BCUT2D eigenvalue weighted by Crippen LogP contribution is 2.26. The maximum atomic E-state index is 12.5. The van der Waals surface area contributed by atoms with Gasteiger partial charge in [0.2, 0.25) is 11.2 Å². The van der Waals surface area contributed by atoms with Crippen molar-refractivity contribution in [3.05, 3.63) is 107 Å². The Labute approximate surface area is 197 Å². The van der Waals surface area contributed by atoms with Gasteiger partial charge in [-0.2, -0.15) is 0 Å². The second kappa shape index (κ2) is 10.8. The van der Waals surface area contributed by atoms with E-state index < -0.39 is 0 Å². The van der Waals surface area contributed by atoms with Crippen LogP contribution < -0.4 is 20.2 Å². The molecule has 0 amide bonds. The lowest BCUT2D eigenvalue weighted by atomic mass is 10.1. The van der Waals surface area contributed by atoms with E-state index in [4.69, 9.17) is 13.9 Å². The first-order valence-electron chi connectivity index (χ1n) is 10.5. The molecule has 0 aliphatic rings. The molecule has 0 spiro atoms. The van der Waals surface area contributed by atoms with Crippen LogP contribution in [-0.4, -0.2) is 14.2 Å². The number of ether oxygens (including phenoxy) is 2. The Bertz CT molecular complexity index is 1240. The minimum absolute atomic E-state index is 0.181. The van der Waals surface area contributed by atoms with Crippen LogP contribution in [0.25, 0.3) is 11.1 Å². The number of anilines is 1. The normalized spacial score (nSPS) is 10.6. The van der Waals surface area contributed by atoms with Crippen molar-refractivity contribution < 1.29 is 13.9 Å². The van der Waals surface area contributed by atoms with Gasteiger partial charge in [0.05, 0.1) is 26.5 Å². The minimum Gasteiger partial charge on any atom is -0.497 e. The first kappa shape index (κ1) is 22.6. The van der Waals surface area contributed by atoms with Crippen molar-refractivity contribution in [3.63, 3.8) is 0 Å². The highest BCUT2D eigenvalue weighted by Gasteiger charge is 2.13. The average Bonchev–Trinajstić information content (AvgIpc) is 2.87. The van der Waals surface area contributed by atoms with E-state index in [-0.39, 0.29) is 11.2 Å². The number of rotatable bonds is 9. The van der Waals surface area contributed by atoms with E-state index in [0.29, 0.717) is 23.8 Å². The zero-order valence-corrected chi connectivity index (χ0v) is 19.4. The summed E-state index contributed by atoms with van der Waals surface area (Å²) in [6, 6.07) is 27.6. The topological polar surface area (TPSA) is 60.7 Å². The summed E-state index contributed by atoms with van der Waals surface area (Å²) in [7, 11) is 3.14. The van der Waals surface area contributed by atoms with Crippen molar-refractivity contribution in [3.8, 4) is 22.6 Å². The predicted molar refractivity (Wildman–Crippen MR) is 133 cm³/mol. The number of hydrogen-bond donors (Lipinski definition) is 1. The monoisotopic (exact) mass is 459 g/mol. The van der Waals surface area contributed by atoms with Gasteiger partial charge in [0.25, 0.3) is 0 Å². The standard InChI is InChI=1S/C27H25NO4S/c1-30-22-14-10-20(11-15-22)19-8-12-21(13-9-19)28-17-26-27(31-2)25(29)16-23(32-26)18-33-24-6-4-3-5-7-24/h3-16,28H,17-18H2,1-2H3. The molecule has 3 aromatic carbocycles. The van der Waals surface area contributed by atoms with Gasteiger partial charge in [-0.05, 0) is 47.5 Å². The second-order valence-corrected chi connectivity index (χ2v) is 8.34.